The molecule has 0 aliphatic carbocycles. The normalized spacial score (nSPS) is 13.5. The van der Waals surface area contributed by atoms with Crippen molar-refractivity contribution in [2.45, 2.75) is 24.8 Å². The van der Waals surface area contributed by atoms with Crippen LogP contribution >= 0.6 is 23.3 Å². The van der Waals surface area contributed by atoms with Gasteiger partial charge in [-0.2, -0.15) is 0 Å². The van der Waals surface area contributed by atoms with E-state index in [1.807, 2.05) is 37.3 Å². The first-order chi connectivity index (χ1) is 10.8. The summed E-state index contributed by atoms with van der Waals surface area (Å²) in [5, 5.41) is 0.850. The Kier molecular flexibility index (Phi) is 5.02. The van der Waals surface area contributed by atoms with Gasteiger partial charge in [0.05, 0.1) is 25.4 Å². The summed E-state index contributed by atoms with van der Waals surface area (Å²) in [6, 6.07) is 10.0. The van der Waals surface area contributed by atoms with Crippen molar-refractivity contribution in [3.63, 3.8) is 0 Å². The van der Waals surface area contributed by atoms with Gasteiger partial charge in [0.1, 0.15) is 5.00 Å². The lowest BCUT2D eigenvalue weighted by molar-refractivity contribution is 0.0524. The molecule has 0 radical (unpaired) electrons. The molecular formula is C16H17NO3S2. The highest BCUT2D eigenvalue weighted by Gasteiger charge is 2.26. The van der Waals surface area contributed by atoms with E-state index in [9.17, 15) is 4.79 Å². The Labute approximate surface area is 138 Å². The summed E-state index contributed by atoms with van der Waals surface area (Å²) in [6.07, 6.45) is 0.762. The molecule has 0 spiro atoms. The van der Waals surface area contributed by atoms with E-state index in [0.29, 0.717) is 25.4 Å². The van der Waals surface area contributed by atoms with E-state index in [1.54, 1.807) is 11.3 Å². The molecule has 1 aliphatic heterocycles. The second-order valence-corrected chi connectivity index (χ2v) is 6.73. The molecule has 0 saturated heterocycles. The fourth-order valence-electron chi connectivity index (χ4n) is 2.32. The maximum absolute atomic E-state index is 12.3. The van der Waals surface area contributed by atoms with Gasteiger partial charge in [0, 0.05) is 9.77 Å². The van der Waals surface area contributed by atoms with Gasteiger partial charge in [0.15, 0.2) is 0 Å². The third-order valence-corrected chi connectivity index (χ3v) is 5.37. The molecule has 0 bridgehead atoms. The number of hydrogen-bond acceptors (Lipinski definition) is 6. The number of ether oxygens (including phenoxy) is 2. The first-order valence-electron chi connectivity index (χ1n) is 7.17. The first-order valence-corrected chi connectivity index (χ1v) is 8.80. The lowest BCUT2D eigenvalue weighted by Gasteiger charge is -2.13. The molecule has 1 N–H and O–H groups in total. The van der Waals surface area contributed by atoms with Crippen LogP contribution in [0.25, 0.3) is 0 Å². The molecule has 0 amide bonds. The molecule has 22 heavy (non-hydrogen) atoms. The third-order valence-electron chi connectivity index (χ3n) is 3.30. The van der Waals surface area contributed by atoms with Crippen molar-refractivity contribution in [2.75, 3.05) is 17.9 Å². The van der Waals surface area contributed by atoms with Crippen LogP contribution in [-0.2, 0) is 22.5 Å². The number of nitrogens with one attached hydrogen (secondary N) is 1. The van der Waals surface area contributed by atoms with E-state index in [2.05, 4.69) is 4.72 Å². The molecular weight excluding hydrogens is 318 g/mol. The Morgan fingerprint density at radius 3 is 3.00 bits per heavy atom. The van der Waals surface area contributed by atoms with Crippen LogP contribution in [0.2, 0.25) is 0 Å². The Morgan fingerprint density at radius 1 is 1.41 bits per heavy atom. The molecule has 4 nitrogen and oxygen atoms in total. The average Bonchev–Trinajstić information content (AvgIpc) is 2.92. The summed E-state index contributed by atoms with van der Waals surface area (Å²) in [6.45, 7) is 3.43. The zero-order valence-corrected chi connectivity index (χ0v) is 13.9. The SMILES string of the molecule is CCOC(=O)c1c(NSc2ccccc2)sc2c1CCOC2. The topological polar surface area (TPSA) is 47.6 Å². The molecule has 2 aromatic rings. The summed E-state index contributed by atoms with van der Waals surface area (Å²) in [5.74, 6) is -0.252. The third kappa shape index (κ3) is 3.29. The molecule has 0 fully saturated rings. The van der Waals surface area contributed by atoms with Crippen LogP contribution in [0, 0.1) is 0 Å². The van der Waals surface area contributed by atoms with Gasteiger partial charge >= 0.3 is 5.97 Å². The van der Waals surface area contributed by atoms with Crippen molar-refractivity contribution in [2.24, 2.45) is 0 Å². The Morgan fingerprint density at radius 2 is 2.23 bits per heavy atom. The number of benzene rings is 1. The van der Waals surface area contributed by atoms with Gasteiger partial charge in [-0.15, -0.1) is 11.3 Å². The minimum atomic E-state index is -0.252. The van der Waals surface area contributed by atoms with Gasteiger partial charge in [-0.3, -0.25) is 0 Å². The summed E-state index contributed by atoms with van der Waals surface area (Å²) in [5.41, 5.74) is 1.75. The summed E-state index contributed by atoms with van der Waals surface area (Å²) in [4.78, 5) is 14.5. The number of carbonyl (C=O) groups excluding carboxylic acids is 1. The van der Waals surface area contributed by atoms with Crippen LogP contribution in [-0.4, -0.2) is 19.2 Å². The van der Waals surface area contributed by atoms with Crippen LogP contribution in [0.4, 0.5) is 5.00 Å². The quantitative estimate of drug-likeness (QED) is 0.658. The highest BCUT2D eigenvalue weighted by molar-refractivity contribution is 8.00. The summed E-state index contributed by atoms with van der Waals surface area (Å²) in [7, 11) is 0. The van der Waals surface area contributed by atoms with Crippen molar-refractivity contribution >= 4 is 34.3 Å². The molecule has 116 valence electrons. The van der Waals surface area contributed by atoms with Crippen molar-refractivity contribution in [1.82, 2.24) is 0 Å². The Bertz CT molecular complexity index is 655. The van der Waals surface area contributed by atoms with Crippen LogP contribution < -0.4 is 4.72 Å². The number of carbonyl (C=O) groups is 1. The van der Waals surface area contributed by atoms with Crippen LogP contribution in [0.15, 0.2) is 35.2 Å². The fourth-order valence-corrected chi connectivity index (χ4v) is 4.24. The molecule has 0 unspecified atom stereocenters. The largest absolute Gasteiger partial charge is 0.462 e. The summed E-state index contributed by atoms with van der Waals surface area (Å²) < 4.78 is 14.0. The molecule has 2 heterocycles. The number of thiophene rings is 1. The van der Waals surface area contributed by atoms with Gasteiger partial charge in [-0.05, 0) is 43.0 Å². The average molecular weight is 335 g/mol. The standard InChI is InChI=1S/C16H17NO3S2/c1-2-20-16(18)14-12-8-9-19-10-13(12)21-15(14)17-22-11-6-4-3-5-7-11/h3-7,17H,2,8-10H2,1H3. The fraction of sp³-hybridized carbons (Fsp3) is 0.312. The van der Waals surface area contributed by atoms with E-state index >= 15 is 0 Å². The Balaban J connectivity index is 1.85. The van der Waals surface area contributed by atoms with Gasteiger partial charge in [-0.25, -0.2) is 4.79 Å². The lowest BCUT2D eigenvalue weighted by Crippen LogP contribution is -2.13. The van der Waals surface area contributed by atoms with Crippen LogP contribution in [0.3, 0.4) is 0 Å². The number of fused-ring (bicyclic) bond motifs is 1. The minimum Gasteiger partial charge on any atom is -0.462 e. The second-order valence-electron chi connectivity index (χ2n) is 4.75. The van der Waals surface area contributed by atoms with Crippen molar-refractivity contribution in [3.8, 4) is 0 Å². The van der Waals surface area contributed by atoms with Gasteiger partial charge in [0.2, 0.25) is 0 Å². The monoisotopic (exact) mass is 335 g/mol. The number of anilines is 1. The molecule has 1 aromatic heterocycles. The predicted molar refractivity (Wildman–Crippen MR) is 89.6 cm³/mol. The van der Waals surface area contributed by atoms with Gasteiger partial charge < -0.3 is 14.2 Å². The van der Waals surface area contributed by atoms with Crippen LogP contribution in [0.1, 0.15) is 27.7 Å². The highest BCUT2D eigenvalue weighted by atomic mass is 32.2. The summed E-state index contributed by atoms with van der Waals surface area (Å²) >= 11 is 3.08. The van der Waals surface area contributed by atoms with Crippen LogP contribution in [0.5, 0.6) is 0 Å². The maximum atomic E-state index is 12.3. The van der Waals surface area contributed by atoms with E-state index in [-0.39, 0.29) is 5.97 Å². The molecule has 1 aliphatic rings. The molecule has 0 saturated carbocycles. The van der Waals surface area contributed by atoms with E-state index in [0.717, 1.165) is 26.8 Å². The highest BCUT2D eigenvalue weighted by Crippen LogP contribution is 2.39. The minimum absolute atomic E-state index is 0.252. The zero-order chi connectivity index (χ0) is 15.4. The van der Waals surface area contributed by atoms with E-state index in [1.165, 1.54) is 11.9 Å². The second kappa shape index (κ2) is 7.17. The van der Waals surface area contributed by atoms with Crippen molar-refractivity contribution in [1.29, 1.82) is 0 Å². The smallest absolute Gasteiger partial charge is 0.341 e. The molecule has 3 rings (SSSR count). The van der Waals surface area contributed by atoms with Crippen molar-refractivity contribution in [3.05, 3.63) is 46.3 Å². The number of rotatable bonds is 5. The lowest BCUT2D eigenvalue weighted by atomic mass is 10.1. The van der Waals surface area contributed by atoms with E-state index < -0.39 is 0 Å². The van der Waals surface area contributed by atoms with Crippen molar-refractivity contribution < 1.29 is 14.3 Å². The van der Waals surface area contributed by atoms with Gasteiger partial charge in [0.25, 0.3) is 0 Å². The molecule has 0 atom stereocenters. The molecule has 1 aromatic carbocycles. The Hall–Kier alpha value is -1.50. The van der Waals surface area contributed by atoms with E-state index in [4.69, 9.17) is 9.47 Å². The predicted octanol–water partition coefficient (Wildman–Crippen LogP) is 4.12. The van der Waals surface area contributed by atoms with Gasteiger partial charge in [-0.1, -0.05) is 18.2 Å². The number of esters is 1. The zero-order valence-electron chi connectivity index (χ0n) is 12.3. The maximum Gasteiger partial charge on any atom is 0.341 e. The number of hydrogen-bond donors (Lipinski definition) is 1. The molecule has 6 heteroatoms. The first kappa shape index (κ1) is 15.4.